The Labute approximate surface area is 130 Å². The molecule has 1 N–H and O–H groups in total. The lowest BCUT2D eigenvalue weighted by Gasteiger charge is -2.18. The molecule has 0 unspecified atom stereocenters. The molecule has 2 atom stereocenters. The highest BCUT2D eigenvalue weighted by atomic mass is 16.6. The van der Waals surface area contributed by atoms with Gasteiger partial charge in [-0.2, -0.15) is 0 Å². The fourth-order valence-corrected chi connectivity index (χ4v) is 2.80. The van der Waals surface area contributed by atoms with Crippen LogP contribution in [0.3, 0.4) is 0 Å². The van der Waals surface area contributed by atoms with Gasteiger partial charge in [-0.25, -0.2) is 4.79 Å². The van der Waals surface area contributed by atoms with Crippen molar-refractivity contribution in [2.75, 3.05) is 13.2 Å². The van der Waals surface area contributed by atoms with E-state index in [1.54, 1.807) is 0 Å². The van der Waals surface area contributed by atoms with E-state index in [4.69, 9.17) is 9.47 Å². The first kappa shape index (κ1) is 16.5. The van der Waals surface area contributed by atoms with Gasteiger partial charge in [0.15, 0.2) is 0 Å². The first-order chi connectivity index (χ1) is 10.5. The summed E-state index contributed by atoms with van der Waals surface area (Å²) in [5, 5.41) is 9.44. The molecule has 1 fully saturated rings. The molecule has 5 nitrogen and oxygen atoms in total. The predicted molar refractivity (Wildman–Crippen MR) is 80.9 cm³/mol. The summed E-state index contributed by atoms with van der Waals surface area (Å²) in [6.07, 6.45) is 6.43. The topological polar surface area (TPSA) is 72.8 Å². The third kappa shape index (κ3) is 4.07. The first-order valence-corrected chi connectivity index (χ1v) is 7.52. The minimum atomic E-state index is -0.367. The van der Waals surface area contributed by atoms with E-state index >= 15 is 0 Å². The number of hydrogen-bond acceptors (Lipinski definition) is 5. The molecule has 5 heteroatoms. The second kappa shape index (κ2) is 7.40. The van der Waals surface area contributed by atoms with Crippen molar-refractivity contribution in [2.45, 2.75) is 38.7 Å². The fraction of sp³-hybridized carbons (Fsp3) is 0.529. The minimum Gasteiger partial charge on any atom is -0.461 e. The number of rotatable bonds is 3. The van der Waals surface area contributed by atoms with Crippen molar-refractivity contribution in [3.63, 3.8) is 0 Å². The highest BCUT2D eigenvalue weighted by molar-refractivity contribution is 5.91. The lowest BCUT2D eigenvalue weighted by Crippen LogP contribution is -2.17. The van der Waals surface area contributed by atoms with E-state index in [9.17, 15) is 14.7 Å². The quantitative estimate of drug-likeness (QED) is 0.491. The normalized spacial score (nSPS) is 25.7. The molecule has 1 aliphatic carbocycles. The van der Waals surface area contributed by atoms with Crippen LogP contribution in [0.5, 0.6) is 0 Å². The van der Waals surface area contributed by atoms with E-state index in [0.29, 0.717) is 18.4 Å². The standard InChI is InChI=1S/C17H22O5/c1-11-15-7-6-13(10-21-12(2)19)4-3-5-14(9-18)8-16(15)22-17(11)20/h4,8,15-16,18H,1,3,5-7,9-10H2,2H3/t15-,16+/m0/s1. The molecule has 0 aromatic carbocycles. The summed E-state index contributed by atoms with van der Waals surface area (Å²) in [7, 11) is 0. The Morgan fingerprint density at radius 3 is 2.91 bits per heavy atom. The van der Waals surface area contributed by atoms with Crippen molar-refractivity contribution in [1.82, 2.24) is 0 Å². The van der Waals surface area contributed by atoms with E-state index in [-0.39, 0.29) is 37.2 Å². The molecule has 1 aliphatic heterocycles. The van der Waals surface area contributed by atoms with Crippen LogP contribution in [0.4, 0.5) is 0 Å². The van der Waals surface area contributed by atoms with Crippen LogP contribution in [0, 0.1) is 5.92 Å². The number of aliphatic hydroxyl groups excluding tert-OH is 1. The molecule has 1 heterocycles. The van der Waals surface area contributed by atoms with Gasteiger partial charge in [0.25, 0.3) is 0 Å². The minimum absolute atomic E-state index is 0.0552. The Morgan fingerprint density at radius 2 is 2.23 bits per heavy atom. The number of fused-ring (bicyclic) bond motifs is 1. The van der Waals surface area contributed by atoms with Crippen molar-refractivity contribution in [3.8, 4) is 0 Å². The zero-order valence-corrected chi connectivity index (χ0v) is 12.8. The molecule has 0 amide bonds. The van der Waals surface area contributed by atoms with Gasteiger partial charge in [-0.3, -0.25) is 4.79 Å². The molecule has 2 aliphatic rings. The molecule has 0 aromatic rings. The number of esters is 2. The van der Waals surface area contributed by atoms with Gasteiger partial charge in [-0.15, -0.1) is 0 Å². The summed E-state index contributed by atoms with van der Waals surface area (Å²) < 4.78 is 10.4. The second-order valence-electron chi connectivity index (χ2n) is 5.70. The zero-order valence-electron chi connectivity index (χ0n) is 12.8. The molecule has 0 bridgehead atoms. The fourth-order valence-electron chi connectivity index (χ4n) is 2.80. The van der Waals surface area contributed by atoms with Crippen molar-refractivity contribution in [1.29, 1.82) is 0 Å². The Kier molecular flexibility index (Phi) is 5.55. The molecule has 0 aromatic heterocycles. The van der Waals surface area contributed by atoms with Crippen molar-refractivity contribution >= 4 is 11.9 Å². The second-order valence-corrected chi connectivity index (χ2v) is 5.70. The number of carbonyl (C=O) groups is 2. The predicted octanol–water partition coefficient (Wildman–Crippen LogP) is 2.07. The van der Waals surface area contributed by atoms with E-state index in [1.807, 2.05) is 12.2 Å². The van der Waals surface area contributed by atoms with Crippen molar-refractivity contribution < 1.29 is 24.2 Å². The van der Waals surface area contributed by atoms with Crippen LogP contribution in [0.2, 0.25) is 0 Å². The molecule has 22 heavy (non-hydrogen) atoms. The molecular weight excluding hydrogens is 284 g/mol. The average molecular weight is 306 g/mol. The number of ether oxygens (including phenoxy) is 2. The third-order valence-electron chi connectivity index (χ3n) is 4.09. The molecule has 0 radical (unpaired) electrons. The third-order valence-corrected chi connectivity index (χ3v) is 4.09. The van der Waals surface area contributed by atoms with Gasteiger partial charge in [0.2, 0.25) is 0 Å². The van der Waals surface area contributed by atoms with Crippen LogP contribution in [-0.4, -0.2) is 36.4 Å². The molecule has 0 spiro atoms. The Morgan fingerprint density at radius 1 is 1.45 bits per heavy atom. The SMILES string of the molecule is C=C1C(=O)O[C@@H]2C=C(CO)CCC=C(COC(C)=O)CC[C@@H]12. The van der Waals surface area contributed by atoms with Gasteiger partial charge in [0.05, 0.1) is 6.61 Å². The number of aliphatic hydroxyl groups is 1. The van der Waals surface area contributed by atoms with Gasteiger partial charge in [0, 0.05) is 18.4 Å². The van der Waals surface area contributed by atoms with Gasteiger partial charge in [0.1, 0.15) is 12.7 Å². The molecule has 2 rings (SSSR count). The van der Waals surface area contributed by atoms with E-state index < -0.39 is 0 Å². The van der Waals surface area contributed by atoms with Crippen LogP contribution in [0.25, 0.3) is 0 Å². The summed E-state index contributed by atoms with van der Waals surface area (Å²) in [4.78, 5) is 22.7. The number of carbonyl (C=O) groups excluding carboxylic acids is 2. The van der Waals surface area contributed by atoms with Crippen LogP contribution in [0.1, 0.15) is 32.6 Å². The van der Waals surface area contributed by atoms with Gasteiger partial charge in [-0.1, -0.05) is 12.7 Å². The van der Waals surface area contributed by atoms with Gasteiger partial charge >= 0.3 is 11.9 Å². The van der Waals surface area contributed by atoms with Crippen LogP contribution < -0.4 is 0 Å². The van der Waals surface area contributed by atoms with Crippen LogP contribution in [-0.2, 0) is 19.1 Å². The number of allylic oxidation sites excluding steroid dienone is 1. The summed E-state index contributed by atoms with van der Waals surface area (Å²) in [6.45, 7) is 5.42. The smallest absolute Gasteiger partial charge is 0.334 e. The van der Waals surface area contributed by atoms with Crippen LogP contribution >= 0.6 is 0 Å². The summed E-state index contributed by atoms with van der Waals surface area (Å²) in [6, 6.07) is 0. The van der Waals surface area contributed by atoms with Gasteiger partial charge < -0.3 is 14.6 Å². The van der Waals surface area contributed by atoms with E-state index in [0.717, 1.165) is 24.0 Å². The van der Waals surface area contributed by atoms with E-state index in [1.165, 1.54) is 6.92 Å². The summed E-state index contributed by atoms with van der Waals surface area (Å²) in [5.41, 5.74) is 2.36. The maximum absolute atomic E-state index is 11.7. The Hall–Kier alpha value is -1.88. The summed E-state index contributed by atoms with van der Waals surface area (Å²) >= 11 is 0. The first-order valence-electron chi connectivity index (χ1n) is 7.52. The lowest BCUT2D eigenvalue weighted by molar-refractivity contribution is -0.140. The maximum Gasteiger partial charge on any atom is 0.334 e. The molecule has 0 saturated carbocycles. The maximum atomic E-state index is 11.7. The Bertz CT molecular complexity index is 529. The van der Waals surface area contributed by atoms with Crippen molar-refractivity contribution in [3.05, 3.63) is 35.5 Å². The van der Waals surface area contributed by atoms with Crippen molar-refractivity contribution in [2.24, 2.45) is 5.92 Å². The zero-order chi connectivity index (χ0) is 16.1. The average Bonchev–Trinajstić information content (AvgIpc) is 2.75. The molecule has 120 valence electrons. The molecular formula is C17H22O5. The highest BCUT2D eigenvalue weighted by Crippen LogP contribution is 2.34. The monoisotopic (exact) mass is 306 g/mol. The largest absolute Gasteiger partial charge is 0.461 e. The Balaban J connectivity index is 2.16. The molecule has 1 saturated heterocycles. The van der Waals surface area contributed by atoms with E-state index in [2.05, 4.69) is 6.58 Å². The lowest BCUT2D eigenvalue weighted by atomic mass is 9.88. The van der Waals surface area contributed by atoms with Crippen LogP contribution in [0.15, 0.2) is 35.5 Å². The highest BCUT2D eigenvalue weighted by Gasteiger charge is 2.37. The number of hydrogen-bond donors (Lipinski definition) is 1. The van der Waals surface area contributed by atoms with Gasteiger partial charge in [-0.05, 0) is 42.9 Å². The summed E-state index contributed by atoms with van der Waals surface area (Å²) in [5.74, 6) is -0.767.